The fourth-order valence-corrected chi connectivity index (χ4v) is 2.37. The van der Waals surface area contributed by atoms with Crippen LogP contribution in [0.15, 0.2) is 54.6 Å². The highest BCUT2D eigenvalue weighted by molar-refractivity contribution is 6.07. The minimum atomic E-state index is -0.494. The van der Waals surface area contributed by atoms with Gasteiger partial charge < -0.3 is 10.6 Å². The molecule has 0 atom stereocenters. The van der Waals surface area contributed by atoms with E-state index in [1.54, 1.807) is 36.4 Å². The summed E-state index contributed by atoms with van der Waals surface area (Å²) in [6, 6.07) is 13.0. The van der Waals surface area contributed by atoms with Gasteiger partial charge in [-0.15, -0.1) is 0 Å². The third-order valence-corrected chi connectivity index (χ3v) is 3.85. The molecule has 7 heteroatoms. The molecule has 26 heavy (non-hydrogen) atoms. The van der Waals surface area contributed by atoms with Crippen molar-refractivity contribution in [3.8, 4) is 0 Å². The minimum Gasteiger partial charge on any atom is -0.349 e. The van der Waals surface area contributed by atoms with E-state index in [0.717, 1.165) is 12.8 Å². The van der Waals surface area contributed by atoms with Crippen molar-refractivity contribution in [1.82, 2.24) is 5.32 Å². The molecule has 3 rings (SSSR count). The van der Waals surface area contributed by atoms with Crippen LogP contribution in [0.4, 0.5) is 11.4 Å². The second kappa shape index (κ2) is 7.60. The largest absolute Gasteiger partial charge is 0.349 e. The van der Waals surface area contributed by atoms with E-state index < -0.39 is 10.8 Å². The van der Waals surface area contributed by atoms with Gasteiger partial charge in [0.2, 0.25) is 5.91 Å². The fraction of sp³-hybridized carbons (Fsp3) is 0.158. The number of anilines is 1. The number of nitro groups is 1. The van der Waals surface area contributed by atoms with E-state index in [4.69, 9.17) is 0 Å². The molecule has 1 saturated carbocycles. The molecule has 2 amide bonds. The molecule has 0 heterocycles. The third-order valence-electron chi connectivity index (χ3n) is 3.85. The number of carbonyl (C=O) groups is 2. The van der Waals surface area contributed by atoms with Gasteiger partial charge in [0.15, 0.2) is 0 Å². The predicted molar refractivity (Wildman–Crippen MR) is 97.7 cm³/mol. The normalized spacial score (nSPS) is 13.4. The van der Waals surface area contributed by atoms with Gasteiger partial charge in [0.05, 0.1) is 16.2 Å². The molecule has 0 aromatic heterocycles. The first kappa shape index (κ1) is 17.3. The quantitative estimate of drug-likeness (QED) is 0.474. The van der Waals surface area contributed by atoms with Crippen LogP contribution in [0.1, 0.15) is 28.8 Å². The molecule has 1 aliphatic rings. The van der Waals surface area contributed by atoms with Crippen LogP contribution in [0.3, 0.4) is 0 Å². The SMILES string of the molecule is O=C(/C=C\c1cccc([N+](=O)[O-])c1)Nc1ccccc1C(=O)NC1CC1. The maximum Gasteiger partial charge on any atom is 0.270 e. The summed E-state index contributed by atoms with van der Waals surface area (Å²) in [6.45, 7) is 0. The molecule has 0 saturated heterocycles. The number of hydrogen-bond donors (Lipinski definition) is 2. The van der Waals surface area contributed by atoms with Crippen molar-refractivity contribution in [3.63, 3.8) is 0 Å². The molecular weight excluding hydrogens is 334 g/mol. The van der Waals surface area contributed by atoms with Gasteiger partial charge in [0.25, 0.3) is 11.6 Å². The number of hydrogen-bond acceptors (Lipinski definition) is 4. The van der Waals surface area contributed by atoms with E-state index in [0.29, 0.717) is 16.8 Å². The average molecular weight is 351 g/mol. The molecule has 0 radical (unpaired) electrons. The first-order valence-corrected chi connectivity index (χ1v) is 8.16. The Hall–Kier alpha value is -3.48. The highest BCUT2D eigenvalue weighted by Gasteiger charge is 2.24. The molecule has 0 aliphatic heterocycles. The number of benzene rings is 2. The fourth-order valence-electron chi connectivity index (χ4n) is 2.37. The lowest BCUT2D eigenvalue weighted by molar-refractivity contribution is -0.384. The number of nitro benzene ring substituents is 1. The first-order chi connectivity index (χ1) is 12.5. The third kappa shape index (κ3) is 4.54. The molecule has 0 bridgehead atoms. The summed E-state index contributed by atoms with van der Waals surface area (Å²) in [7, 11) is 0. The van der Waals surface area contributed by atoms with Gasteiger partial charge in [-0.3, -0.25) is 19.7 Å². The van der Waals surface area contributed by atoms with Gasteiger partial charge in [-0.25, -0.2) is 0 Å². The standard InChI is InChI=1S/C19H17N3O4/c23-18(11-8-13-4-3-5-15(12-13)22(25)26)21-17-7-2-1-6-16(17)19(24)20-14-9-10-14/h1-8,11-12,14H,9-10H2,(H,20,24)(H,21,23)/b11-8-. The summed E-state index contributed by atoms with van der Waals surface area (Å²) in [5.74, 6) is -0.644. The second-order valence-corrected chi connectivity index (χ2v) is 5.97. The van der Waals surface area contributed by atoms with Gasteiger partial charge in [-0.2, -0.15) is 0 Å². The Labute approximate surface area is 149 Å². The number of nitrogens with one attached hydrogen (secondary N) is 2. The Kier molecular flexibility index (Phi) is 5.07. The van der Waals surface area contributed by atoms with Crippen LogP contribution >= 0.6 is 0 Å². The van der Waals surface area contributed by atoms with Crippen molar-refractivity contribution < 1.29 is 14.5 Å². The Morgan fingerprint density at radius 3 is 2.62 bits per heavy atom. The molecular formula is C19H17N3O4. The van der Waals surface area contributed by atoms with Crippen molar-refractivity contribution in [1.29, 1.82) is 0 Å². The van der Waals surface area contributed by atoms with Crippen LogP contribution in [0.5, 0.6) is 0 Å². The summed E-state index contributed by atoms with van der Waals surface area (Å²) in [5.41, 5.74) is 1.31. The zero-order chi connectivity index (χ0) is 18.5. The van der Waals surface area contributed by atoms with Crippen molar-refractivity contribution >= 4 is 29.3 Å². The number of non-ortho nitro benzene ring substituents is 1. The zero-order valence-electron chi connectivity index (χ0n) is 13.8. The topological polar surface area (TPSA) is 101 Å². The Balaban J connectivity index is 1.69. The minimum absolute atomic E-state index is 0.0466. The van der Waals surface area contributed by atoms with E-state index in [-0.39, 0.29) is 17.6 Å². The lowest BCUT2D eigenvalue weighted by atomic mass is 10.1. The lowest BCUT2D eigenvalue weighted by Gasteiger charge is -2.09. The number of nitrogens with zero attached hydrogens (tertiary/aromatic N) is 1. The van der Waals surface area contributed by atoms with Gasteiger partial charge in [-0.05, 0) is 36.6 Å². The smallest absolute Gasteiger partial charge is 0.270 e. The van der Waals surface area contributed by atoms with Gasteiger partial charge >= 0.3 is 0 Å². The number of carbonyl (C=O) groups excluding carboxylic acids is 2. The Bertz CT molecular complexity index is 888. The lowest BCUT2D eigenvalue weighted by Crippen LogP contribution is -2.26. The van der Waals surface area contributed by atoms with Crippen molar-refractivity contribution in [3.05, 3.63) is 75.8 Å². The summed E-state index contributed by atoms with van der Waals surface area (Å²) in [5, 5.41) is 16.3. The maximum atomic E-state index is 12.2. The van der Waals surface area contributed by atoms with Crippen molar-refractivity contribution in [2.45, 2.75) is 18.9 Å². The van der Waals surface area contributed by atoms with E-state index in [2.05, 4.69) is 10.6 Å². The second-order valence-electron chi connectivity index (χ2n) is 5.97. The van der Waals surface area contributed by atoms with Gasteiger partial charge in [0, 0.05) is 24.3 Å². The Morgan fingerprint density at radius 2 is 1.88 bits per heavy atom. The first-order valence-electron chi connectivity index (χ1n) is 8.16. The average Bonchev–Trinajstić information content (AvgIpc) is 3.44. The van der Waals surface area contributed by atoms with E-state index in [1.807, 2.05) is 0 Å². The molecule has 2 N–H and O–H groups in total. The predicted octanol–water partition coefficient (Wildman–Crippen LogP) is 3.14. The molecule has 1 aliphatic carbocycles. The van der Waals surface area contributed by atoms with Gasteiger partial charge in [-0.1, -0.05) is 24.3 Å². The molecule has 1 fully saturated rings. The molecule has 2 aromatic rings. The maximum absolute atomic E-state index is 12.2. The van der Waals surface area contributed by atoms with Crippen molar-refractivity contribution in [2.24, 2.45) is 0 Å². The van der Waals surface area contributed by atoms with Crippen LogP contribution in [0.2, 0.25) is 0 Å². The molecule has 2 aromatic carbocycles. The van der Waals surface area contributed by atoms with Crippen LogP contribution in [-0.2, 0) is 4.79 Å². The van der Waals surface area contributed by atoms with E-state index >= 15 is 0 Å². The highest BCUT2D eigenvalue weighted by Crippen LogP contribution is 2.21. The molecule has 7 nitrogen and oxygen atoms in total. The van der Waals surface area contributed by atoms with Gasteiger partial charge in [0.1, 0.15) is 0 Å². The number of para-hydroxylation sites is 1. The summed E-state index contributed by atoms with van der Waals surface area (Å²) in [4.78, 5) is 34.7. The molecule has 0 spiro atoms. The summed E-state index contributed by atoms with van der Waals surface area (Å²) < 4.78 is 0. The Morgan fingerprint density at radius 1 is 1.12 bits per heavy atom. The zero-order valence-corrected chi connectivity index (χ0v) is 13.8. The number of amides is 2. The highest BCUT2D eigenvalue weighted by atomic mass is 16.6. The molecule has 132 valence electrons. The van der Waals surface area contributed by atoms with Crippen LogP contribution in [0.25, 0.3) is 6.08 Å². The van der Waals surface area contributed by atoms with Crippen LogP contribution in [0, 0.1) is 10.1 Å². The summed E-state index contributed by atoms with van der Waals surface area (Å²) in [6.07, 6.45) is 4.71. The monoisotopic (exact) mass is 351 g/mol. The molecule has 0 unspecified atom stereocenters. The van der Waals surface area contributed by atoms with E-state index in [9.17, 15) is 19.7 Å². The van der Waals surface area contributed by atoms with E-state index in [1.165, 1.54) is 24.3 Å². The van der Waals surface area contributed by atoms with Crippen LogP contribution in [-0.4, -0.2) is 22.8 Å². The van der Waals surface area contributed by atoms with Crippen molar-refractivity contribution in [2.75, 3.05) is 5.32 Å². The number of rotatable bonds is 6. The van der Waals surface area contributed by atoms with Crippen LogP contribution < -0.4 is 10.6 Å². The summed E-state index contributed by atoms with van der Waals surface area (Å²) >= 11 is 0.